The number of benzene rings is 1. The fourth-order valence-corrected chi connectivity index (χ4v) is 4.54. The second-order valence-electron chi connectivity index (χ2n) is 5.63. The van der Waals surface area contributed by atoms with E-state index in [-0.39, 0.29) is 11.6 Å². The minimum atomic E-state index is -0.134. The van der Waals surface area contributed by atoms with E-state index in [0.29, 0.717) is 16.2 Å². The summed E-state index contributed by atoms with van der Waals surface area (Å²) in [7, 11) is 0. The number of aromatic nitrogens is 2. The Morgan fingerprint density at radius 2 is 2.00 bits per heavy atom. The van der Waals surface area contributed by atoms with Crippen LogP contribution in [0.2, 0.25) is 5.02 Å². The van der Waals surface area contributed by atoms with Crippen LogP contribution < -0.4 is 10.9 Å². The predicted octanol–water partition coefficient (Wildman–Crippen LogP) is 5.54. The highest BCUT2D eigenvalue weighted by molar-refractivity contribution is 7.18. The van der Waals surface area contributed by atoms with Crippen LogP contribution in [0.3, 0.4) is 0 Å². The normalized spacial score (nSPS) is 12.4. The lowest BCUT2D eigenvalue weighted by Crippen LogP contribution is -2.17. The number of rotatable bonds is 4. The molecular weight excluding hydrogens is 374 g/mol. The standard InChI is InChI=1S/C18H14ClN3OS2/c1-10(20-12-6-4-11(19)5-7-12)16-21-17(23)15-13(9-25-18(15)22-16)14-3-2-8-24-14/h2-10,20H,1H3,(H,21,22,23)/t10-/m0/s1. The molecule has 3 aromatic heterocycles. The zero-order valence-corrected chi connectivity index (χ0v) is 15.6. The minimum absolute atomic E-state index is 0.102. The average molecular weight is 388 g/mol. The van der Waals surface area contributed by atoms with Gasteiger partial charge < -0.3 is 10.3 Å². The Labute approximate surface area is 157 Å². The monoisotopic (exact) mass is 387 g/mol. The molecule has 126 valence electrons. The van der Waals surface area contributed by atoms with Gasteiger partial charge in [-0.05, 0) is 42.6 Å². The Morgan fingerprint density at radius 1 is 1.20 bits per heavy atom. The molecule has 0 unspecified atom stereocenters. The van der Waals surface area contributed by atoms with Crippen molar-refractivity contribution in [2.24, 2.45) is 0 Å². The molecule has 0 saturated heterocycles. The van der Waals surface area contributed by atoms with Gasteiger partial charge in [-0.15, -0.1) is 22.7 Å². The van der Waals surface area contributed by atoms with Gasteiger partial charge in [0.1, 0.15) is 10.7 Å². The first-order chi connectivity index (χ1) is 12.1. The van der Waals surface area contributed by atoms with E-state index in [1.807, 2.05) is 54.1 Å². The number of aromatic amines is 1. The predicted molar refractivity (Wildman–Crippen MR) is 107 cm³/mol. The molecule has 0 aliphatic rings. The van der Waals surface area contributed by atoms with E-state index in [1.54, 1.807) is 11.3 Å². The first-order valence-corrected chi connectivity index (χ1v) is 9.83. The number of thiophene rings is 2. The fraction of sp³-hybridized carbons (Fsp3) is 0.111. The minimum Gasteiger partial charge on any atom is -0.375 e. The van der Waals surface area contributed by atoms with Crippen LogP contribution in [-0.2, 0) is 0 Å². The van der Waals surface area contributed by atoms with Crippen molar-refractivity contribution in [2.75, 3.05) is 5.32 Å². The third-order valence-corrected chi connectivity index (χ3v) is 5.91. The van der Waals surface area contributed by atoms with Gasteiger partial charge in [0.15, 0.2) is 0 Å². The van der Waals surface area contributed by atoms with Crippen molar-refractivity contribution in [3.05, 3.63) is 68.4 Å². The number of hydrogen-bond acceptors (Lipinski definition) is 5. The molecule has 1 aromatic carbocycles. The number of nitrogens with zero attached hydrogens (tertiary/aromatic N) is 1. The Morgan fingerprint density at radius 3 is 2.72 bits per heavy atom. The summed E-state index contributed by atoms with van der Waals surface area (Å²) in [5, 5.41) is 8.68. The maximum absolute atomic E-state index is 12.6. The van der Waals surface area contributed by atoms with Crippen LogP contribution >= 0.6 is 34.3 Å². The SMILES string of the molecule is C[C@H](Nc1ccc(Cl)cc1)c1nc2scc(-c3cccs3)c2c(=O)[nH]1. The third kappa shape index (κ3) is 3.20. The quantitative estimate of drug-likeness (QED) is 0.483. The molecule has 0 bridgehead atoms. The highest BCUT2D eigenvalue weighted by atomic mass is 35.5. The van der Waals surface area contributed by atoms with Gasteiger partial charge >= 0.3 is 0 Å². The van der Waals surface area contributed by atoms with Crippen LogP contribution in [0.1, 0.15) is 18.8 Å². The Hall–Kier alpha value is -2.15. The van der Waals surface area contributed by atoms with Crippen LogP contribution in [0.4, 0.5) is 5.69 Å². The number of hydrogen-bond donors (Lipinski definition) is 2. The summed E-state index contributed by atoms with van der Waals surface area (Å²) in [6.45, 7) is 1.96. The molecule has 0 amide bonds. The Bertz CT molecular complexity index is 1070. The van der Waals surface area contributed by atoms with Crippen LogP contribution in [0.5, 0.6) is 0 Å². The molecule has 4 aromatic rings. The van der Waals surface area contributed by atoms with Crippen LogP contribution in [0.25, 0.3) is 20.7 Å². The van der Waals surface area contributed by atoms with E-state index in [2.05, 4.69) is 15.3 Å². The van der Waals surface area contributed by atoms with Gasteiger partial charge in [-0.2, -0.15) is 0 Å². The topological polar surface area (TPSA) is 57.8 Å². The zero-order valence-electron chi connectivity index (χ0n) is 13.2. The molecule has 2 N–H and O–H groups in total. The van der Waals surface area contributed by atoms with Crippen molar-refractivity contribution in [3.8, 4) is 10.4 Å². The first-order valence-electron chi connectivity index (χ1n) is 7.69. The highest BCUT2D eigenvalue weighted by Gasteiger charge is 2.16. The summed E-state index contributed by atoms with van der Waals surface area (Å²) in [6, 6.07) is 11.3. The average Bonchev–Trinajstić information content (AvgIpc) is 3.25. The second kappa shape index (κ2) is 6.63. The van der Waals surface area contributed by atoms with Gasteiger partial charge in [0.25, 0.3) is 5.56 Å². The van der Waals surface area contributed by atoms with Gasteiger partial charge in [0.2, 0.25) is 0 Å². The number of fused-ring (bicyclic) bond motifs is 1. The molecule has 0 saturated carbocycles. The largest absolute Gasteiger partial charge is 0.375 e. The number of anilines is 1. The lowest BCUT2D eigenvalue weighted by atomic mass is 10.2. The van der Waals surface area contributed by atoms with Crippen LogP contribution in [-0.4, -0.2) is 9.97 Å². The van der Waals surface area contributed by atoms with Crippen molar-refractivity contribution in [3.63, 3.8) is 0 Å². The smallest absolute Gasteiger partial charge is 0.260 e. The molecule has 0 fully saturated rings. The van der Waals surface area contributed by atoms with Gasteiger partial charge in [-0.3, -0.25) is 4.79 Å². The van der Waals surface area contributed by atoms with E-state index < -0.39 is 0 Å². The maximum Gasteiger partial charge on any atom is 0.260 e. The van der Waals surface area contributed by atoms with Gasteiger partial charge in [-0.25, -0.2) is 4.98 Å². The highest BCUT2D eigenvalue weighted by Crippen LogP contribution is 2.33. The molecule has 0 spiro atoms. The molecule has 0 radical (unpaired) electrons. The molecule has 4 rings (SSSR count). The molecule has 7 heteroatoms. The third-order valence-electron chi connectivity index (χ3n) is 3.89. The van der Waals surface area contributed by atoms with E-state index >= 15 is 0 Å². The van der Waals surface area contributed by atoms with Crippen molar-refractivity contribution in [1.29, 1.82) is 0 Å². The summed E-state index contributed by atoms with van der Waals surface area (Å²) in [5.41, 5.74) is 1.77. The summed E-state index contributed by atoms with van der Waals surface area (Å²) in [5.74, 6) is 0.618. The molecule has 0 aliphatic carbocycles. The maximum atomic E-state index is 12.6. The van der Waals surface area contributed by atoms with E-state index in [0.717, 1.165) is 21.0 Å². The van der Waals surface area contributed by atoms with Crippen molar-refractivity contribution in [2.45, 2.75) is 13.0 Å². The van der Waals surface area contributed by atoms with Crippen LogP contribution in [0, 0.1) is 0 Å². The lowest BCUT2D eigenvalue weighted by molar-refractivity contribution is 0.793. The van der Waals surface area contributed by atoms with Crippen molar-refractivity contribution in [1.82, 2.24) is 9.97 Å². The summed E-state index contributed by atoms with van der Waals surface area (Å²) in [6.07, 6.45) is 0. The van der Waals surface area contributed by atoms with E-state index in [9.17, 15) is 4.79 Å². The second-order valence-corrected chi connectivity index (χ2v) is 7.87. The van der Waals surface area contributed by atoms with Crippen molar-refractivity contribution >= 4 is 50.2 Å². The van der Waals surface area contributed by atoms with Crippen LogP contribution in [0.15, 0.2) is 52.0 Å². The lowest BCUT2D eigenvalue weighted by Gasteiger charge is -2.14. The van der Waals surface area contributed by atoms with E-state index in [1.165, 1.54) is 11.3 Å². The number of H-pyrrole nitrogens is 1. The summed E-state index contributed by atoms with van der Waals surface area (Å²) < 4.78 is 0. The summed E-state index contributed by atoms with van der Waals surface area (Å²) in [4.78, 5) is 22.1. The fourth-order valence-electron chi connectivity index (χ4n) is 2.65. The Kier molecular flexibility index (Phi) is 4.33. The summed E-state index contributed by atoms with van der Waals surface area (Å²) >= 11 is 9.03. The van der Waals surface area contributed by atoms with Gasteiger partial charge in [0.05, 0.1) is 11.4 Å². The number of nitrogens with one attached hydrogen (secondary N) is 2. The molecule has 3 heterocycles. The van der Waals surface area contributed by atoms with Crippen molar-refractivity contribution < 1.29 is 0 Å². The first kappa shape index (κ1) is 16.3. The molecular formula is C18H14ClN3OS2. The van der Waals surface area contributed by atoms with E-state index in [4.69, 9.17) is 11.6 Å². The molecule has 1 atom stereocenters. The number of halogens is 1. The molecule has 4 nitrogen and oxygen atoms in total. The Balaban J connectivity index is 1.69. The van der Waals surface area contributed by atoms with Gasteiger partial charge in [0, 0.05) is 26.5 Å². The zero-order chi connectivity index (χ0) is 17.4. The molecule has 0 aliphatic heterocycles. The van der Waals surface area contributed by atoms with Gasteiger partial charge in [-0.1, -0.05) is 17.7 Å². The molecule has 25 heavy (non-hydrogen) atoms.